The molecule has 2 rings (SSSR count). The molecule has 35 heavy (non-hydrogen) atoms. The molecule has 0 atom stereocenters. The van der Waals surface area contributed by atoms with Crippen molar-refractivity contribution in [1.82, 2.24) is 5.32 Å². The monoisotopic (exact) mass is 508 g/mol. The summed E-state index contributed by atoms with van der Waals surface area (Å²) >= 11 is 0. The Balaban J connectivity index is 2.63. The molecule has 194 valence electrons. The van der Waals surface area contributed by atoms with E-state index in [9.17, 15) is 13.2 Å². The van der Waals surface area contributed by atoms with Gasteiger partial charge in [-0.2, -0.15) is 0 Å². The molecule has 0 aromatic heterocycles. The zero-order valence-corrected chi connectivity index (χ0v) is 22.4. The third kappa shape index (κ3) is 6.50. The van der Waals surface area contributed by atoms with Gasteiger partial charge in [0.1, 0.15) is 18.0 Å². The van der Waals surface area contributed by atoms with Crippen LogP contribution in [0.5, 0.6) is 23.0 Å². The van der Waals surface area contributed by atoms with Crippen molar-refractivity contribution in [2.75, 3.05) is 39.3 Å². The number of ether oxygens (including phenoxy) is 4. The minimum atomic E-state index is -4.24. The average molecular weight is 509 g/mol. The molecule has 1 N–H and O–H groups in total. The molecule has 1 amide bonds. The predicted molar refractivity (Wildman–Crippen MR) is 135 cm³/mol. The van der Waals surface area contributed by atoms with E-state index in [4.69, 9.17) is 18.9 Å². The van der Waals surface area contributed by atoms with Crippen LogP contribution in [0.2, 0.25) is 0 Å². The van der Waals surface area contributed by atoms with Crippen LogP contribution in [0.3, 0.4) is 0 Å². The lowest BCUT2D eigenvalue weighted by molar-refractivity contribution is -0.121. The van der Waals surface area contributed by atoms with Crippen LogP contribution in [0.15, 0.2) is 41.3 Å². The van der Waals surface area contributed by atoms with E-state index in [1.165, 1.54) is 52.7 Å². The zero-order valence-electron chi connectivity index (χ0n) is 21.6. The van der Waals surface area contributed by atoms with Gasteiger partial charge in [-0.25, -0.2) is 8.42 Å². The van der Waals surface area contributed by atoms with Gasteiger partial charge in [-0.1, -0.05) is 27.7 Å². The highest BCUT2D eigenvalue weighted by molar-refractivity contribution is 7.92. The number of rotatable bonds is 12. The molecule has 10 heteroatoms. The molecule has 0 saturated carbocycles. The first-order chi connectivity index (χ1) is 16.5. The molecule has 2 aromatic carbocycles. The Morgan fingerprint density at radius 1 is 0.829 bits per heavy atom. The standard InChI is InChI=1S/C25H36N2O7S/c1-16(2)25(17(3)4)26-24(28)15-27(20-13-18(31-5)9-11-21(20)32-6)35(29,30)19-10-12-22(33-7)23(14-19)34-8/h9-14,16-17,25H,15H2,1-8H3,(H,26,28). The summed E-state index contributed by atoms with van der Waals surface area (Å²) in [6.45, 7) is 7.57. The van der Waals surface area contributed by atoms with Gasteiger partial charge in [0, 0.05) is 18.2 Å². The van der Waals surface area contributed by atoms with Crippen LogP contribution in [0.1, 0.15) is 27.7 Å². The zero-order chi connectivity index (χ0) is 26.3. The number of nitrogens with zero attached hydrogens (tertiary/aromatic N) is 1. The lowest BCUT2D eigenvalue weighted by Gasteiger charge is -2.29. The Morgan fingerprint density at radius 3 is 1.91 bits per heavy atom. The fraction of sp³-hybridized carbons (Fsp3) is 0.480. The lowest BCUT2D eigenvalue weighted by Crippen LogP contribution is -2.48. The Kier molecular flexibility index (Phi) is 9.64. The van der Waals surface area contributed by atoms with E-state index < -0.39 is 22.5 Å². The maximum atomic E-state index is 13.9. The molecule has 0 aliphatic carbocycles. The second kappa shape index (κ2) is 12.0. The van der Waals surface area contributed by atoms with E-state index in [1.54, 1.807) is 12.1 Å². The Bertz CT molecular complexity index is 1110. The van der Waals surface area contributed by atoms with E-state index in [-0.39, 0.29) is 40.0 Å². The quantitative estimate of drug-likeness (QED) is 0.466. The Morgan fingerprint density at radius 2 is 1.40 bits per heavy atom. The van der Waals surface area contributed by atoms with E-state index in [0.29, 0.717) is 11.5 Å². The molecule has 0 fully saturated rings. The molecule has 0 radical (unpaired) electrons. The number of sulfonamides is 1. The number of hydrogen-bond donors (Lipinski definition) is 1. The van der Waals surface area contributed by atoms with Gasteiger partial charge >= 0.3 is 0 Å². The molecule has 0 unspecified atom stereocenters. The predicted octanol–water partition coefficient (Wildman–Crippen LogP) is 3.71. The van der Waals surface area contributed by atoms with Crippen molar-refractivity contribution in [2.45, 2.75) is 38.6 Å². The van der Waals surface area contributed by atoms with Crippen LogP contribution in [-0.4, -0.2) is 55.4 Å². The maximum absolute atomic E-state index is 13.9. The largest absolute Gasteiger partial charge is 0.497 e. The van der Waals surface area contributed by atoms with E-state index in [0.717, 1.165) is 4.31 Å². The van der Waals surface area contributed by atoms with Gasteiger partial charge in [-0.3, -0.25) is 9.10 Å². The molecule has 0 bridgehead atoms. The molecule has 0 aliphatic rings. The SMILES string of the molecule is COc1ccc(OC)c(N(CC(=O)NC(C(C)C)C(C)C)S(=O)(=O)c2ccc(OC)c(OC)c2)c1. The number of nitrogens with one attached hydrogen (secondary N) is 1. The number of carbonyl (C=O) groups is 1. The van der Waals surface area contributed by atoms with Crippen molar-refractivity contribution >= 4 is 21.6 Å². The number of amides is 1. The number of carbonyl (C=O) groups excluding carboxylic acids is 1. The number of methoxy groups -OCH3 is 4. The summed E-state index contributed by atoms with van der Waals surface area (Å²) in [7, 11) is 1.55. The average Bonchev–Trinajstić information content (AvgIpc) is 2.84. The van der Waals surface area contributed by atoms with Crippen molar-refractivity contribution in [3.8, 4) is 23.0 Å². The van der Waals surface area contributed by atoms with Crippen LogP contribution in [0.4, 0.5) is 5.69 Å². The van der Waals surface area contributed by atoms with Crippen molar-refractivity contribution in [3.63, 3.8) is 0 Å². The third-order valence-corrected chi connectivity index (χ3v) is 7.40. The molecule has 0 spiro atoms. The second-order valence-corrected chi connectivity index (χ2v) is 10.5. The fourth-order valence-electron chi connectivity index (χ4n) is 3.86. The summed E-state index contributed by atoms with van der Waals surface area (Å²) in [6.07, 6.45) is 0. The Hall–Kier alpha value is -3.14. The van der Waals surface area contributed by atoms with Gasteiger partial charge in [0.2, 0.25) is 5.91 Å². The van der Waals surface area contributed by atoms with Gasteiger partial charge < -0.3 is 24.3 Å². The lowest BCUT2D eigenvalue weighted by atomic mass is 9.93. The summed E-state index contributed by atoms with van der Waals surface area (Å²) in [4.78, 5) is 13.1. The van der Waals surface area contributed by atoms with E-state index in [1.807, 2.05) is 27.7 Å². The molecule has 9 nitrogen and oxygen atoms in total. The Labute approximate surface area is 208 Å². The first-order valence-corrected chi connectivity index (χ1v) is 12.7. The summed E-state index contributed by atoms with van der Waals surface area (Å²) in [5, 5.41) is 2.98. The molecule has 0 heterocycles. The second-order valence-electron chi connectivity index (χ2n) is 8.65. The van der Waals surface area contributed by atoms with Crippen LogP contribution in [-0.2, 0) is 14.8 Å². The minimum absolute atomic E-state index is 0.0721. The minimum Gasteiger partial charge on any atom is -0.497 e. The molecule has 0 saturated heterocycles. The fourth-order valence-corrected chi connectivity index (χ4v) is 5.30. The number of benzene rings is 2. The number of anilines is 1. The topological polar surface area (TPSA) is 103 Å². The van der Waals surface area contributed by atoms with Crippen molar-refractivity contribution in [3.05, 3.63) is 36.4 Å². The first-order valence-electron chi connectivity index (χ1n) is 11.3. The molecule has 2 aromatic rings. The van der Waals surface area contributed by atoms with Gasteiger partial charge in [0.15, 0.2) is 11.5 Å². The molecular weight excluding hydrogens is 472 g/mol. The van der Waals surface area contributed by atoms with E-state index in [2.05, 4.69) is 5.32 Å². The summed E-state index contributed by atoms with van der Waals surface area (Å²) in [5.74, 6) is 1.21. The first kappa shape index (κ1) is 28.1. The van der Waals surface area contributed by atoms with Crippen molar-refractivity contribution in [2.24, 2.45) is 11.8 Å². The highest BCUT2D eigenvalue weighted by Gasteiger charge is 2.32. The molecule has 0 aliphatic heterocycles. The van der Waals surface area contributed by atoms with Crippen LogP contribution in [0, 0.1) is 11.8 Å². The number of hydrogen-bond acceptors (Lipinski definition) is 7. The van der Waals surface area contributed by atoms with Crippen molar-refractivity contribution < 1.29 is 32.2 Å². The van der Waals surface area contributed by atoms with Gasteiger partial charge in [-0.05, 0) is 36.1 Å². The summed E-state index contributed by atoms with van der Waals surface area (Å²) < 4.78 is 50.1. The van der Waals surface area contributed by atoms with Crippen LogP contribution < -0.4 is 28.6 Å². The summed E-state index contributed by atoms with van der Waals surface area (Å²) in [5.41, 5.74) is 0.169. The molecular formula is C25H36N2O7S. The highest BCUT2D eigenvalue weighted by Crippen LogP contribution is 2.37. The smallest absolute Gasteiger partial charge is 0.265 e. The van der Waals surface area contributed by atoms with Crippen molar-refractivity contribution in [1.29, 1.82) is 0 Å². The van der Waals surface area contributed by atoms with Crippen LogP contribution >= 0.6 is 0 Å². The van der Waals surface area contributed by atoms with Gasteiger partial charge in [-0.15, -0.1) is 0 Å². The van der Waals surface area contributed by atoms with E-state index >= 15 is 0 Å². The van der Waals surface area contributed by atoms with Gasteiger partial charge in [0.25, 0.3) is 10.0 Å². The van der Waals surface area contributed by atoms with Gasteiger partial charge in [0.05, 0.1) is 39.0 Å². The summed E-state index contributed by atoms with van der Waals surface area (Å²) in [6, 6.07) is 8.90. The third-order valence-electron chi connectivity index (χ3n) is 5.65. The highest BCUT2D eigenvalue weighted by atomic mass is 32.2. The maximum Gasteiger partial charge on any atom is 0.265 e. The normalized spacial score (nSPS) is 11.5. The van der Waals surface area contributed by atoms with Crippen LogP contribution in [0.25, 0.3) is 0 Å².